The van der Waals surface area contributed by atoms with E-state index in [1.54, 1.807) is 12.3 Å². The van der Waals surface area contributed by atoms with Crippen LogP contribution in [0.5, 0.6) is 5.88 Å². The fraction of sp³-hybridized carbons (Fsp3) is 0.750. The van der Waals surface area contributed by atoms with Crippen LogP contribution in [-0.4, -0.2) is 47.2 Å². The first-order valence-electron chi connectivity index (χ1n) is 8.14. The zero-order chi connectivity index (χ0) is 15.5. The summed E-state index contributed by atoms with van der Waals surface area (Å²) < 4.78 is 5.52. The lowest BCUT2D eigenvalue weighted by molar-refractivity contribution is 0.295. The lowest BCUT2D eigenvalue weighted by Gasteiger charge is -2.19. The van der Waals surface area contributed by atoms with Gasteiger partial charge in [0.15, 0.2) is 0 Å². The molecule has 0 aliphatic carbocycles. The van der Waals surface area contributed by atoms with Crippen molar-refractivity contribution < 1.29 is 4.74 Å². The Balaban J connectivity index is 2.35. The maximum absolute atomic E-state index is 5.52. The first-order chi connectivity index (χ1) is 10.2. The summed E-state index contributed by atoms with van der Waals surface area (Å²) in [5, 5.41) is 3.35. The van der Waals surface area contributed by atoms with Crippen molar-refractivity contribution in [2.24, 2.45) is 0 Å². The molecule has 0 fully saturated rings. The average molecular weight is 294 g/mol. The van der Waals surface area contributed by atoms with Crippen molar-refractivity contribution in [3.05, 3.63) is 12.3 Å². The van der Waals surface area contributed by atoms with Gasteiger partial charge >= 0.3 is 0 Å². The minimum absolute atomic E-state index is 0.363. The van der Waals surface area contributed by atoms with Gasteiger partial charge in [0.1, 0.15) is 0 Å². The Labute approximate surface area is 129 Å². The van der Waals surface area contributed by atoms with Crippen molar-refractivity contribution in [1.29, 1.82) is 0 Å². The first-order valence-corrected chi connectivity index (χ1v) is 8.14. The lowest BCUT2D eigenvalue weighted by Crippen LogP contribution is -2.26. The Morgan fingerprint density at radius 1 is 1.29 bits per heavy atom. The van der Waals surface area contributed by atoms with E-state index in [1.165, 1.54) is 6.42 Å². The van der Waals surface area contributed by atoms with Gasteiger partial charge in [-0.2, -0.15) is 4.98 Å². The number of ether oxygens (including phenoxy) is 1. The topological polar surface area (TPSA) is 50.3 Å². The number of nitrogens with zero attached hydrogens (tertiary/aromatic N) is 3. The predicted molar refractivity (Wildman–Crippen MR) is 87.9 cm³/mol. The first kappa shape index (κ1) is 17.7. The molecule has 0 saturated carbocycles. The number of anilines is 1. The van der Waals surface area contributed by atoms with Crippen molar-refractivity contribution >= 4 is 5.95 Å². The number of hydrogen-bond donors (Lipinski definition) is 1. The Morgan fingerprint density at radius 2 is 2.05 bits per heavy atom. The van der Waals surface area contributed by atoms with Crippen molar-refractivity contribution in [2.75, 3.05) is 31.6 Å². The Hall–Kier alpha value is -1.36. The van der Waals surface area contributed by atoms with Crippen LogP contribution in [0.1, 0.15) is 47.0 Å². The van der Waals surface area contributed by atoms with Crippen molar-refractivity contribution in [1.82, 2.24) is 14.9 Å². The molecule has 1 N–H and O–H groups in total. The highest BCUT2D eigenvalue weighted by Crippen LogP contribution is 2.11. The van der Waals surface area contributed by atoms with E-state index < -0.39 is 0 Å². The second kappa shape index (κ2) is 10.4. The summed E-state index contributed by atoms with van der Waals surface area (Å²) in [6.07, 6.45) is 5.01. The van der Waals surface area contributed by atoms with Crippen LogP contribution in [0, 0.1) is 0 Å². The molecule has 0 aromatic carbocycles. The average Bonchev–Trinajstić information content (AvgIpc) is 2.50. The monoisotopic (exact) mass is 294 g/mol. The molecule has 1 heterocycles. The van der Waals surface area contributed by atoms with E-state index in [-0.39, 0.29) is 0 Å². The largest absolute Gasteiger partial charge is 0.478 e. The molecule has 0 saturated heterocycles. The zero-order valence-corrected chi connectivity index (χ0v) is 13.9. The molecule has 5 heteroatoms. The van der Waals surface area contributed by atoms with Crippen LogP contribution in [0.15, 0.2) is 12.3 Å². The molecular formula is C16H30N4O. The molecule has 1 unspecified atom stereocenters. The van der Waals surface area contributed by atoms with Crippen LogP contribution >= 0.6 is 0 Å². The SMILES string of the molecule is CCCOc1ccnc(NC(C)CCCN(CC)CC)n1. The van der Waals surface area contributed by atoms with E-state index in [0.717, 1.165) is 32.5 Å². The third kappa shape index (κ3) is 7.27. The number of hydrogen-bond acceptors (Lipinski definition) is 5. The molecular weight excluding hydrogens is 264 g/mol. The molecule has 0 bridgehead atoms. The van der Waals surface area contributed by atoms with Gasteiger partial charge in [0.25, 0.3) is 0 Å². The molecule has 1 atom stereocenters. The van der Waals surface area contributed by atoms with E-state index in [2.05, 4.69) is 47.9 Å². The smallest absolute Gasteiger partial charge is 0.226 e. The van der Waals surface area contributed by atoms with Crippen LogP contribution in [-0.2, 0) is 0 Å². The fourth-order valence-electron chi connectivity index (χ4n) is 2.15. The van der Waals surface area contributed by atoms with Crippen molar-refractivity contribution in [3.8, 4) is 5.88 Å². The molecule has 120 valence electrons. The van der Waals surface area contributed by atoms with Crippen LogP contribution < -0.4 is 10.1 Å². The molecule has 0 amide bonds. The van der Waals surface area contributed by atoms with E-state index in [4.69, 9.17) is 4.74 Å². The van der Waals surface area contributed by atoms with Crippen LogP contribution in [0.3, 0.4) is 0 Å². The molecule has 0 aliphatic rings. The molecule has 1 rings (SSSR count). The van der Waals surface area contributed by atoms with Gasteiger partial charge in [-0.25, -0.2) is 4.98 Å². The molecule has 0 radical (unpaired) electrons. The third-order valence-electron chi connectivity index (χ3n) is 3.47. The molecule has 5 nitrogen and oxygen atoms in total. The second-order valence-corrected chi connectivity index (χ2v) is 5.28. The standard InChI is InChI=1S/C16H30N4O/c1-5-13-21-15-10-11-17-16(19-15)18-14(4)9-8-12-20(6-2)7-3/h10-11,14H,5-9,12-13H2,1-4H3,(H,17,18,19). The number of rotatable bonds is 11. The van der Waals surface area contributed by atoms with Gasteiger partial charge in [0.2, 0.25) is 11.8 Å². The number of nitrogens with one attached hydrogen (secondary N) is 1. The Morgan fingerprint density at radius 3 is 2.71 bits per heavy atom. The van der Waals surface area contributed by atoms with Gasteiger partial charge in [-0.05, 0) is 45.8 Å². The second-order valence-electron chi connectivity index (χ2n) is 5.28. The molecule has 1 aromatic rings. The Bertz CT molecular complexity index is 382. The third-order valence-corrected chi connectivity index (χ3v) is 3.47. The van der Waals surface area contributed by atoms with E-state index in [9.17, 15) is 0 Å². The van der Waals surface area contributed by atoms with Crippen LogP contribution in [0.4, 0.5) is 5.95 Å². The maximum Gasteiger partial charge on any atom is 0.226 e. The van der Waals surface area contributed by atoms with Gasteiger partial charge in [-0.3, -0.25) is 0 Å². The minimum atomic E-state index is 0.363. The predicted octanol–water partition coefficient (Wildman–Crippen LogP) is 3.19. The quantitative estimate of drug-likeness (QED) is 0.679. The van der Waals surface area contributed by atoms with E-state index >= 15 is 0 Å². The maximum atomic E-state index is 5.52. The highest BCUT2D eigenvalue weighted by molar-refractivity contribution is 5.28. The van der Waals surface area contributed by atoms with Gasteiger partial charge in [0.05, 0.1) is 6.61 Å². The summed E-state index contributed by atoms with van der Waals surface area (Å²) in [5.41, 5.74) is 0. The number of aromatic nitrogens is 2. The minimum Gasteiger partial charge on any atom is -0.478 e. The van der Waals surface area contributed by atoms with E-state index in [0.29, 0.717) is 24.5 Å². The van der Waals surface area contributed by atoms with Crippen molar-refractivity contribution in [2.45, 2.75) is 53.0 Å². The summed E-state index contributed by atoms with van der Waals surface area (Å²) in [7, 11) is 0. The fourth-order valence-corrected chi connectivity index (χ4v) is 2.15. The summed E-state index contributed by atoms with van der Waals surface area (Å²) in [5.74, 6) is 1.30. The molecule has 0 spiro atoms. The van der Waals surface area contributed by atoms with Crippen LogP contribution in [0.2, 0.25) is 0 Å². The summed E-state index contributed by atoms with van der Waals surface area (Å²) in [6, 6.07) is 2.16. The molecule has 0 aliphatic heterocycles. The van der Waals surface area contributed by atoms with Crippen molar-refractivity contribution in [3.63, 3.8) is 0 Å². The normalized spacial score (nSPS) is 12.4. The van der Waals surface area contributed by atoms with E-state index in [1.807, 2.05) is 0 Å². The zero-order valence-electron chi connectivity index (χ0n) is 13.9. The summed E-state index contributed by atoms with van der Waals surface area (Å²) in [6.45, 7) is 12.8. The van der Waals surface area contributed by atoms with Gasteiger partial charge < -0.3 is 15.0 Å². The Kier molecular flexibility index (Phi) is 8.74. The summed E-state index contributed by atoms with van der Waals surface area (Å²) >= 11 is 0. The van der Waals surface area contributed by atoms with Gasteiger partial charge in [-0.1, -0.05) is 20.8 Å². The molecule has 1 aromatic heterocycles. The van der Waals surface area contributed by atoms with Crippen LogP contribution in [0.25, 0.3) is 0 Å². The highest BCUT2D eigenvalue weighted by Gasteiger charge is 2.06. The van der Waals surface area contributed by atoms with Gasteiger partial charge in [-0.15, -0.1) is 0 Å². The van der Waals surface area contributed by atoms with Gasteiger partial charge in [0, 0.05) is 18.3 Å². The lowest BCUT2D eigenvalue weighted by atomic mass is 10.2. The summed E-state index contributed by atoms with van der Waals surface area (Å²) in [4.78, 5) is 11.1. The molecule has 21 heavy (non-hydrogen) atoms. The highest BCUT2D eigenvalue weighted by atomic mass is 16.5.